The van der Waals surface area contributed by atoms with Crippen molar-refractivity contribution in [2.75, 3.05) is 24.9 Å². The normalized spacial score (nSPS) is 13.2. The molecule has 0 saturated carbocycles. The second-order valence-electron chi connectivity index (χ2n) is 8.64. The molecule has 0 saturated heterocycles. The lowest BCUT2D eigenvalue weighted by molar-refractivity contribution is -0.140. The fraction of sp³-hybridized carbons (Fsp3) is 0.440. The number of amides is 2. The lowest BCUT2D eigenvalue weighted by Crippen LogP contribution is -2.54. The fourth-order valence-corrected chi connectivity index (χ4v) is 4.57. The van der Waals surface area contributed by atoms with Crippen LogP contribution in [-0.4, -0.2) is 62.2 Å². The first-order chi connectivity index (χ1) is 16.9. The van der Waals surface area contributed by atoms with Gasteiger partial charge in [-0.3, -0.25) is 9.59 Å². The van der Waals surface area contributed by atoms with Crippen molar-refractivity contribution in [3.8, 4) is 0 Å². The van der Waals surface area contributed by atoms with Gasteiger partial charge < -0.3 is 10.2 Å². The van der Waals surface area contributed by atoms with Crippen LogP contribution in [0.1, 0.15) is 39.2 Å². The van der Waals surface area contributed by atoms with Crippen molar-refractivity contribution in [2.24, 2.45) is 0 Å². The molecule has 0 heterocycles. The smallest absolute Gasteiger partial charge is 0.304 e. The van der Waals surface area contributed by atoms with E-state index in [0.717, 1.165) is 10.4 Å². The molecule has 0 aliphatic carbocycles. The minimum atomic E-state index is -4.27. The van der Waals surface area contributed by atoms with E-state index < -0.39 is 46.2 Å². The maximum atomic E-state index is 14.7. The Hall–Kier alpha value is -3.05. The number of hydrogen-bond acceptors (Lipinski definition) is 4. The monoisotopic (exact) mass is 524 g/mol. The summed E-state index contributed by atoms with van der Waals surface area (Å²) < 4.78 is 55.9. The first-order valence-corrected chi connectivity index (χ1v) is 13.1. The molecule has 0 aromatic heterocycles. The molecule has 0 aliphatic rings. The highest BCUT2D eigenvalue weighted by molar-refractivity contribution is 7.90. The minimum absolute atomic E-state index is 0.0708. The number of para-hydroxylation sites is 1. The third-order valence-electron chi connectivity index (χ3n) is 5.79. The zero-order valence-corrected chi connectivity index (χ0v) is 22.1. The average Bonchev–Trinajstić information content (AvgIpc) is 2.83. The molecule has 2 aromatic rings. The van der Waals surface area contributed by atoms with Gasteiger partial charge in [0.25, 0.3) is 0 Å². The first-order valence-electron chi connectivity index (χ1n) is 11.7. The second-order valence-corrected chi connectivity index (χ2v) is 10.7. The van der Waals surface area contributed by atoms with Crippen molar-refractivity contribution in [1.29, 1.82) is 0 Å². The number of hydrogen-bond donors (Lipinski definition) is 1. The summed E-state index contributed by atoms with van der Waals surface area (Å²) in [5.74, 6) is -2.38. The van der Waals surface area contributed by atoms with Gasteiger partial charge in [-0.2, -0.15) is 12.7 Å². The molecule has 2 aromatic carbocycles. The van der Waals surface area contributed by atoms with Gasteiger partial charge in [0.15, 0.2) is 0 Å². The van der Waals surface area contributed by atoms with Crippen molar-refractivity contribution < 1.29 is 26.8 Å². The molecule has 11 heteroatoms. The number of benzene rings is 2. The van der Waals surface area contributed by atoms with Crippen molar-refractivity contribution in [2.45, 2.75) is 52.2 Å². The lowest BCUT2D eigenvalue weighted by Gasteiger charge is -2.34. The molecule has 36 heavy (non-hydrogen) atoms. The number of nitrogens with one attached hydrogen (secondary N) is 1. The Balaban J connectivity index is 2.51. The van der Waals surface area contributed by atoms with Gasteiger partial charge in [-0.15, -0.1) is 0 Å². The Morgan fingerprint density at radius 2 is 1.58 bits per heavy atom. The van der Waals surface area contributed by atoms with Gasteiger partial charge in [-0.25, -0.2) is 13.1 Å². The predicted molar refractivity (Wildman–Crippen MR) is 135 cm³/mol. The third kappa shape index (κ3) is 7.23. The van der Waals surface area contributed by atoms with Crippen molar-refractivity contribution in [1.82, 2.24) is 14.5 Å². The van der Waals surface area contributed by atoms with Gasteiger partial charge in [0.05, 0.1) is 5.69 Å². The van der Waals surface area contributed by atoms with Gasteiger partial charge >= 0.3 is 10.2 Å². The van der Waals surface area contributed by atoms with Gasteiger partial charge in [0.1, 0.15) is 24.2 Å². The van der Waals surface area contributed by atoms with Crippen molar-refractivity contribution in [3.63, 3.8) is 0 Å². The van der Waals surface area contributed by atoms with Crippen LogP contribution in [0.5, 0.6) is 0 Å². The van der Waals surface area contributed by atoms with Gasteiger partial charge in [0, 0.05) is 26.7 Å². The molecular weight excluding hydrogens is 490 g/mol. The molecule has 0 radical (unpaired) electrons. The van der Waals surface area contributed by atoms with E-state index in [-0.39, 0.29) is 24.7 Å². The van der Waals surface area contributed by atoms with E-state index >= 15 is 0 Å². The largest absolute Gasteiger partial charge is 0.352 e. The summed E-state index contributed by atoms with van der Waals surface area (Å²) in [6.45, 7) is 4.66. The van der Waals surface area contributed by atoms with Crippen LogP contribution < -0.4 is 9.62 Å². The Kier molecular flexibility index (Phi) is 10.4. The van der Waals surface area contributed by atoms with Crippen molar-refractivity contribution >= 4 is 27.7 Å². The topological polar surface area (TPSA) is 90.0 Å². The van der Waals surface area contributed by atoms with Gasteiger partial charge in [-0.1, -0.05) is 38.1 Å². The summed E-state index contributed by atoms with van der Waals surface area (Å²) in [6, 6.07) is 9.62. The Labute approximate surface area is 212 Å². The van der Waals surface area contributed by atoms with Crippen LogP contribution in [0.25, 0.3) is 0 Å². The molecule has 2 atom stereocenters. The highest BCUT2D eigenvalue weighted by Gasteiger charge is 2.34. The molecule has 0 spiro atoms. The average molecular weight is 525 g/mol. The van der Waals surface area contributed by atoms with Crippen LogP contribution >= 0.6 is 0 Å². The lowest BCUT2D eigenvalue weighted by atomic mass is 10.1. The van der Waals surface area contributed by atoms with Crippen LogP contribution in [0.3, 0.4) is 0 Å². The zero-order valence-electron chi connectivity index (χ0n) is 21.2. The molecule has 0 aliphatic heterocycles. The van der Waals surface area contributed by atoms with Gasteiger partial charge in [-0.05, 0) is 49.6 Å². The number of anilines is 1. The van der Waals surface area contributed by atoms with Gasteiger partial charge in [0.2, 0.25) is 11.8 Å². The summed E-state index contributed by atoms with van der Waals surface area (Å²) in [4.78, 5) is 28.0. The second kappa shape index (κ2) is 12.8. The summed E-state index contributed by atoms with van der Waals surface area (Å²) >= 11 is 0. The number of nitrogens with zero attached hydrogens (tertiary/aromatic N) is 3. The third-order valence-corrected chi connectivity index (χ3v) is 7.60. The van der Waals surface area contributed by atoms with E-state index in [0.29, 0.717) is 16.3 Å². The maximum Gasteiger partial charge on any atom is 0.304 e. The van der Waals surface area contributed by atoms with E-state index in [4.69, 9.17) is 0 Å². The quantitative estimate of drug-likeness (QED) is 0.461. The van der Waals surface area contributed by atoms with E-state index in [1.165, 1.54) is 61.5 Å². The summed E-state index contributed by atoms with van der Waals surface area (Å²) in [7, 11) is -1.72. The minimum Gasteiger partial charge on any atom is -0.352 e. The maximum absolute atomic E-state index is 14.7. The molecule has 198 valence electrons. The standard InChI is InChI=1S/C25H34F2N4O4S/c1-6-18(3)28-25(33)22(7-2)30(16-19-12-14-20(26)15-13-19)24(32)17-31(36(34,35)29(4)5)23-11-9-8-10-21(23)27/h8-15,18,22H,6-7,16-17H2,1-5H3,(H,28,33)/t18-,22+/m0/s1. The zero-order chi connectivity index (χ0) is 27.0. The number of carbonyl (C=O) groups is 2. The molecule has 0 fully saturated rings. The van der Waals surface area contributed by atoms with E-state index in [1.807, 2.05) is 13.8 Å². The van der Waals surface area contributed by atoms with Crippen molar-refractivity contribution in [3.05, 3.63) is 65.7 Å². The Bertz CT molecular complexity index is 1140. The Morgan fingerprint density at radius 1 is 0.972 bits per heavy atom. The van der Waals surface area contributed by atoms with E-state index in [9.17, 15) is 26.8 Å². The first kappa shape index (κ1) is 29.2. The van der Waals surface area contributed by atoms with E-state index in [2.05, 4.69) is 5.32 Å². The SMILES string of the molecule is CC[C@H](C(=O)N[C@@H](C)CC)N(Cc1ccc(F)cc1)C(=O)CN(c1ccccc1F)S(=O)(=O)N(C)C. The molecule has 8 nitrogen and oxygen atoms in total. The molecule has 0 bridgehead atoms. The Morgan fingerprint density at radius 3 is 2.11 bits per heavy atom. The fourth-order valence-electron chi connectivity index (χ4n) is 3.50. The van der Waals surface area contributed by atoms with Crippen LogP contribution in [0, 0.1) is 11.6 Å². The predicted octanol–water partition coefficient (Wildman–Crippen LogP) is 3.30. The summed E-state index contributed by atoms with van der Waals surface area (Å²) in [6.07, 6.45) is 0.922. The van der Waals surface area contributed by atoms with Crippen LogP contribution in [-0.2, 0) is 26.3 Å². The van der Waals surface area contributed by atoms with Crippen LogP contribution in [0.15, 0.2) is 48.5 Å². The highest BCUT2D eigenvalue weighted by atomic mass is 32.2. The molecule has 1 N–H and O–H groups in total. The molecular formula is C25H34F2N4O4S. The molecule has 0 unspecified atom stereocenters. The summed E-state index contributed by atoms with van der Waals surface area (Å²) in [5.41, 5.74) is 0.255. The number of halogens is 2. The highest BCUT2D eigenvalue weighted by Crippen LogP contribution is 2.24. The van der Waals surface area contributed by atoms with Crippen LogP contribution in [0.4, 0.5) is 14.5 Å². The number of carbonyl (C=O) groups excluding carboxylic acids is 2. The van der Waals surface area contributed by atoms with Crippen LogP contribution in [0.2, 0.25) is 0 Å². The van der Waals surface area contributed by atoms with E-state index in [1.54, 1.807) is 6.92 Å². The molecule has 2 rings (SSSR count). The summed E-state index contributed by atoms with van der Waals surface area (Å²) in [5, 5.41) is 2.86. The molecule has 2 amide bonds. The number of rotatable bonds is 12.